The zero-order valence-corrected chi connectivity index (χ0v) is 37.5. The van der Waals surface area contributed by atoms with Gasteiger partial charge in [0.15, 0.2) is 0 Å². The van der Waals surface area contributed by atoms with Gasteiger partial charge in [-0.3, -0.25) is 4.79 Å². The number of fused-ring (bicyclic) bond motifs is 5. The van der Waals surface area contributed by atoms with Crippen molar-refractivity contribution in [1.82, 2.24) is 5.32 Å². The summed E-state index contributed by atoms with van der Waals surface area (Å²) in [5.41, 5.74) is 14.5. The van der Waals surface area contributed by atoms with Crippen LogP contribution in [0.2, 0.25) is 0 Å². The monoisotopic (exact) mass is 805 g/mol. The summed E-state index contributed by atoms with van der Waals surface area (Å²) in [6.45, 7) is 13.9. The maximum atomic E-state index is 13.2. The Labute approximate surface area is 355 Å². The molecule has 0 aromatic carbocycles. The molecule has 0 saturated carbocycles. The van der Waals surface area contributed by atoms with Crippen LogP contribution in [0.15, 0.2) is 106 Å². The second kappa shape index (κ2) is 21.5. The number of esters is 1. The lowest BCUT2D eigenvalue weighted by Crippen LogP contribution is -2.16. The first-order valence-electron chi connectivity index (χ1n) is 23.3. The van der Waals surface area contributed by atoms with Gasteiger partial charge >= 0.3 is 5.97 Å². The molecule has 5 heterocycles. The molecular weight excluding hydrogens is 733 g/mol. The maximum Gasteiger partial charge on any atom is 0.305 e. The zero-order valence-electron chi connectivity index (χ0n) is 37.5. The van der Waals surface area contributed by atoms with Crippen LogP contribution in [0.1, 0.15) is 170 Å². The summed E-state index contributed by atoms with van der Waals surface area (Å²) in [6, 6.07) is 0. The molecule has 0 spiro atoms. The van der Waals surface area contributed by atoms with Gasteiger partial charge in [0, 0.05) is 59.9 Å². The summed E-state index contributed by atoms with van der Waals surface area (Å²) in [7, 11) is 1.72. The van der Waals surface area contributed by atoms with Gasteiger partial charge in [-0.2, -0.15) is 0 Å². The van der Waals surface area contributed by atoms with Crippen LogP contribution in [0.4, 0.5) is 0 Å². The van der Waals surface area contributed by atoms with E-state index >= 15 is 0 Å². The predicted octanol–water partition coefficient (Wildman–Crippen LogP) is 12.9. The first kappa shape index (κ1) is 44.5. The van der Waals surface area contributed by atoms with Crippen molar-refractivity contribution in [2.24, 2.45) is 26.8 Å². The molecule has 6 rings (SSSR count). The molecule has 1 fully saturated rings. The highest BCUT2D eigenvalue weighted by Crippen LogP contribution is 2.46. The number of ether oxygens (including phenoxy) is 2. The molecule has 2 atom stereocenters. The topological polar surface area (TPSA) is 105 Å². The molecule has 0 amide bonds. The molecule has 0 radical (unpaired) electrons. The van der Waals surface area contributed by atoms with Crippen LogP contribution in [-0.2, 0) is 14.3 Å². The number of hydrogen-bond donors (Lipinski definition) is 2. The number of rotatable bonds is 23. The number of nitrogens with one attached hydrogen (secondary N) is 1. The number of hydrogen-bond acceptors (Lipinski definition) is 8. The molecule has 0 aromatic heterocycles. The molecule has 6 aliphatic rings. The second-order valence-corrected chi connectivity index (χ2v) is 17.6. The quantitative estimate of drug-likeness (QED) is 0.0790. The molecule has 1 saturated heterocycles. The zero-order chi connectivity index (χ0) is 41.9. The Morgan fingerprint density at radius 3 is 1.95 bits per heavy atom. The standard InChI is InChI=1S/C51H72N4O4/c1-8-10-11-12-13-14-15-16-17-18-19-20-21-22-23-24-27-59-48(57)26-25-38-34(4)43-29-41-35(5)40(32-58-7)46(53-41)30-42-33(3)37(9-2)45(52-42)31-44-36(6)49-47(56)28-39(50(38)54-43)51(49)55-44/h29-31,34,38,54,56H,8-28,32H2,1-7H3/t34-,38-/m0/s1. The van der Waals surface area contributed by atoms with Crippen molar-refractivity contribution in [2.45, 2.75) is 170 Å². The summed E-state index contributed by atoms with van der Waals surface area (Å²) in [5, 5.41) is 15.2. The van der Waals surface area contributed by atoms with E-state index in [1.54, 1.807) is 7.11 Å². The number of carbonyl (C=O) groups is 1. The van der Waals surface area contributed by atoms with E-state index in [2.05, 4.69) is 58.2 Å². The van der Waals surface area contributed by atoms with E-state index in [1.165, 1.54) is 95.5 Å². The average Bonchev–Trinajstić information content (AvgIpc) is 3.98. The minimum Gasteiger partial charge on any atom is -0.511 e. The smallest absolute Gasteiger partial charge is 0.305 e. The van der Waals surface area contributed by atoms with Crippen molar-refractivity contribution >= 4 is 23.1 Å². The van der Waals surface area contributed by atoms with Crippen molar-refractivity contribution in [2.75, 3.05) is 20.3 Å². The van der Waals surface area contributed by atoms with Crippen molar-refractivity contribution < 1.29 is 19.4 Å². The number of allylic oxidation sites excluding steroid dienone is 11. The van der Waals surface area contributed by atoms with E-state index in [4.69, 9.17) is 24.5 Å². The Hall–Kier alpha value is -4.04. The summed E-state index contributed by atoms with van der Waals surface area (Å²) in [6.07, 6.45) is 29.7. The van der Waals surface area contributed by atoms with Crippen LogP contribution in [0.5, 0.6) is 0 Å². The SMILES string of the molecule is CCCCCCCCCCCCCCCCCCOC(=O)CC[C@@H]1C2=C3CC(O)=C4C3=NC(=C4C)C=C3N=C(C=C4N=C(C=C(N2)[C@H]1C)C(C)=C4COC)C(C)=C3CC. The van der Waals surface area contributed by atoms with Crippen LogP contribution in [0.25, 0.3) is 0 Å². The highest BCUT2D eigenvalue weighted by atomic mass is 16.5. The van der Waals surface area contributed by atoms with Gasteiger partial charge < -0.3 is 19.9 Å². The Bertz CT molecular complexity index is 1960. The van der Waals surface area contributed by atoms with E-state index in [-0.39, 0.29) is 17.8 Å². The van der Waals surface area contributed by atoms with E-state index in [0.717, 1.165) is 98.3 Å². The van der Waals surface area contributed by atoms with Crippen LogP contribution >= 0.6 is 0 Å². The number of unbranched alkanes of at least 4 members (excludes halogenated alkanes) is 15. The molecule has 8 nitrogen and oxygen atoms in total. The molecule has 0 unspecified atom stereocenters. The Morgan fingerprint density at radius 2 is 1.34 bits per heavy atom. The molecule has 1 aliphatic carbocycles. The average molecular weight is 805 g/mol. The summed E-state index contributed by atoms with van der Waals surface area (Å²) >= 11 is 0. The normalized spacial score (nSPS) is 21.1. The van der Waals surface area contributed by atoms with Crippen LogP contribution in [-0.4, -0.2) is 48.5 Å². The van der Waals surface area contributed by atoms with Crippen LogP contribution in [0, 0.1) is 11.8 Å². The third-order valence-electron chi connectivity index (χ3n) is 13.4. The minimum absolute atomic E-state index is 0.0196. The van der Waals surface area contributed by atoms with Gasteiger partial charge in [0.2, 0.25) is 0 Å². The first-order valence-corrected chi connectivity index (χ1v) is 23.3. The van der Waals surface area contributed by atoms with E-state index in [9.17, 15) is 9.90 Å². The van der Waals surface area contributed by atoms with Crippen molar-refractivity contribution in [3.05, 3.63) is 91.5 Å². The minimum atomic E-state index is -0.139. The lowest BCUT2D eigenvalue weighted by Gasteiger charge is -2.17. The van der Waals surface area contributed by atoms with Crippen molar-refractivity contribution in [1.29, 1.82) is 0 Å². The van der Waals surface area contributed by atoms with Crippen molar-refractivity contribution in [3.8, 4) is 0 Å². The van der Waals surface area contributed by atoms with E-state index in [1.807, 2.05) is 6.92 Å². The molecule has 0 aromatic rings. The van der Waals surface area contributed by atoms with Gasteiger partial charge in [-0.25, -0.2) is 15.0 Å². The fourth-order valence-electron chi connectivity index (χ4n) is 9.67. The number of carbonyl (C=O) groups excluding carboxylic acids is 1. The second-order valence-electron chi connectivity index (χ2n) is 17.6. The number of aliphatic imine (C=N–C) groups is 3. The van der Waals surface area contributed by atoms with E-state index < -0.39 is 0 Å². The lowest BCUT2D eigenvalue weighted by molar-refractivity contribution is -0.144. The maximum absolute atomic E-state index is 13.2. The van der Waals surface area contributed by atoms with Gasteiger partial charge in [-0.1, -0.05) is 117 Å². The molecular formula is C51H72N4O4. The molecule has 8 heteroatoms. The molecule has 5 aliphatic heterocycles. The predicted molar refractivity (Wildman–Crippen MR) is 244 cm³/mol. The number of aliphatic hydroxyl groups is 1. The number of nitrogens with zero attached hydrogens (tertiary/aromatic N) is 3. The van der Waals surface area contributed by atoms with Crippen LogP contribution < -0.4 is 5.32 Å². The Morgan fingerprint density at radius 1 is 0.763 bits per heavy atom. The summed E-state index contributed by atoms with van der Waals surface area (Å²) < 4.78 is 11.5. The largest absolute Gasteiger partial charge is 0.511 e. The summed E-state index contributed by atoms with van der Waals surface area (Å²) in [5.74, 6) is 0.305. The molecule has 320 valence electrons. The van der Waals surface area contributed by atoms with Gasteiger partial charge in [-0.15, -0.1) is 0 Å². The van der Waals surface area contributed by atoms with Gasteiger partial charge in [0.1, 0.15) is 5.76 Å². The molecule has 2 N–H and O–H groups in total. The highest BCUT2D eigenvalue weighted by Gasteiger charge is 2.41. The van der Waals surface area contributed by atoms with Gasteiger partial charge in [-0.05, 0) is 80.6 Å². The Kier molecular flexibility index (Phi) is 16.2. The highest BCUT2D eigenvalue weighted by molar-refractivity contribution is 6.21. The lowest BCUT2D eigenvalue weighted by atomic mass is 9.86. The fourth-order valence-corrected chi connectivity index (χ4v) is 9.67. The van der Waals surface area contributed by atoms with Gasteiger partial charge in [0.25, 0.3) is 0 Å². The van der Waals surface area contributed by atoms with Crippen LogP contribution in [0.3, 0.4) is 0 Å². The molecule has 59 heavy (non-hydrogen) atoms. The number of aliphatic hydroxyl groups excluding tert-OH is 1. The van der Waals surface area contributed by atoms with Gasteiger partial charge in [0.05, 0.1) is 47.4 Å². The summed E-state index contributed by atoms with van der Waals surface area (Å²) in [4.78, 5) is 28.7. The third kappa shape index (κ3) is 10.6. The fraction of sp³-hybridized carbons (Fsp3) is 0.608. The Balaban J connectivity index is 1.08. The third-order valence-corrected chi connectivity index (χ3v) is 13.4. The van der Waals surface area contributed by atoms with E-state index in [0.29, 0.717) is 38.2 Å². The van der Waals surface area contributed by atoms with Crippen molar-refractivity contribution in [3.63, 3.8) is 0 Å². The molecule has 8 bridgehead atoms. The first-order chi connectivity index (χ1) is 28.7. The number of methoxy groups -OCH3 is 1.